The molecule has 0 bridgehead atoms. The van der Waals surface area contributed by atoms with Crippen LogP contribution in [-0.4, -0.2) is 17.4 Å². The van der Waals surface area contributed by atoms with E-state index in [9.17, 15) is 10.0 Å². The number of hydrogen-bond acceptors (Lipinski definition) is 3. The molecule has 0 aliphatic heterocycles. The Morgan fingerprint density at radius 1 is 0.628 bits per heavy atom. The van der Waals surface area contributed by atoms with E-state index < -0.39 is 7.32 Å². The van der Waals surface area contributed by atoms with Gasteiger partial charge < -0.3 is 14.7 Å². The van der Waals surface area contributed by atoms with E-state index in [1.165, 1.54) is 73.3 Å². The number of rotatable bonds is 7. The highest BCUT2D eigenvalue weighted by molar-refractivity contribution is 6.33. The van der Waals surface area contributed by atoms with Crippen LogP contribution in [0.4, 0.5) is 0 Å². The Kier molecular flexibility index (Phi) is 6.84. The number of benzene rings is 6. The fourth-order valence-electron chi connectivity index (χ4n) is 7.04. The van der Waals surface area contributed by atoms with Crippen LogP contribution in [0.3, 0.4) is 0 Å². The first kappa shape index (κ1) is 27.5. The molecule has 1 aliphatic carbocycles. The van der Waals surface area contributed by atoms with Crippen LogP contribution in [0.5, 0.6) is 5.75 Å². The molecule has 4 heteroatoms. The van der Waals surface area contributed by atoms with Gasteiger partial charge in [-0.2, -0.15) is 0 Å². The fourth-order valence-corrected chi connectivity index (χ4v) is 7.04. The monoisotopic (exact) mass is 562 g/mol. The Morgan fingerprint density at radius 2 is 1.14 bits per heavy atom. The van der Waals surface area contributed by atoms with Crippen LogP contribution in [0.25, 0.3) is 54.9 Å². The minimum Gasteiger partial charge on any atom is -0.512 e. The van der Waals surface area contributed by atoms with Crippen LogP contribution >= 0.6 is 0 Å². The molecule has 0 saturated carbocycles. The molecule has 0 atom stereocenters. The Bertz CT molecular complexity index is 1930. The second-order valence-electron chi connectivity index (χ2n) is 12.2. The summed E-state index contributed by atoms with van der Waals surface area (Å²) in [5.41, 5.74) is 10.8. The average Bonchev–Trinajstić information content (AvgIpc) is 3.24. The number of unbranched alkanes of at least 4 members (excludes halogenated alkanes) is 1. The molecule has 0 heterocycles. The summed E-state index contributed by atoms with van der Waals surface area (Å²) in [6.45, 7) is 6.69. The van der Waals surface area contributed by atoms with Gasteiger partial charge in [-0.1, -0.05) is 118 Å². The third kappa shape index (κ3) is 4.62. The normalized spacial score (nSPS) is 13.2. The lowest BCUT2D eigenvalue weighted by Gasteiger charge is -2.23. The van der Waals surface area contributed by atoms with Crippen molar-refractivity contribution in [2.75, 3.05) is 0 Å². The van der Waals surface area contributed by atoms with Crippen molar-refractivity contribution in [1.29, 1.82) is 0 Å². The standard InChI is InChI=1S/C39H35BO3/c1-4-5-10-25-15-17-26(18-16-25)37-31-11-6-8-13-33(31)38(34-14-9-7-12-32(34)37)27-19-21-29-30-22-20-28(43-40(41)42)24-36(30)39(2,3)35(29)23-27/h6-9,11-24,41-42H,4-5,10H2,1-3H3. The lowest BCUT2D eigenvalue weighted by Crippen LogP contribution is -2.21. The highest BCUT2D eigenvalue weighted by Gasteiger charge is 2.36. The Morgan fingerprint density at radius 3 is 1.70 bits per heavy atom. The fraction of sp³-hybridized carbons (Fsp3) is 0.179. The molecular formula is C39H35BO3. The van der Waals surface area contributed by atoms with Crippen LogP contribution in [-0.2, 0) is 11.8 Å². The van der Waals surface area contributed by atoms with Crippen molar-refractivity contribution in [2.24, 2.45) is 0 Å². The Labute approximate surface area is 253 Å². The van der Waals surface area contributed by atoms with Crippen molar-refractivity contribution in [2.45, 2.75) is 45.4 Å². The summed E-state index contributed by atoms with van der Waals surface area (Å²) in [5, 5.41) is 23.7. The summed E-state index contributed by atoms with van der Waals surface area (Å²) in [6.07, 6.45) is 3.53. The summed E-state index contributed by atoms with van der Waals surface area (Å²) in [4.78, 5) is 0. The lowest BCUT2D eigenvalue weighted by atomic mass is 9.80. The van der Waals surface area contributed by atoms with Gasteiger partial charge in [0.2, 0.25) is 0 Å². The predicted molar refractivity (Wildman–Crippen MR) is 179 cm³/mol. The molecule has 43 heavy (non-hydrogen) atoms. The predicted octanol–water partition coefficient (Wildman–Crippen LogP) is 9.32. The minimum atomic E-state index is -1.85. The molecule has 212 valence electrons. The number of aryl methyl sites for hydroxylation is 1. The van der Waals surface area contributed by atoms with Gasteiger partial charge in [-0.25, -0.2) is 0 Å². The molecule has 0 amide bonds. The first-order chi connectivity index (χ1) is 20.9. The zero-order valence-electron chi connectivity index (χ0n) is 24.9. The molecule has 0 saturated heterocycles. The molecule has 7 rings (SSSR count). The zero-order chi connectivity index (χ0) is 29.7. The third-order valence-electron chi connectivity index (χ3n) is 9.17. The van der Waals surface area contributed by atoms with Crippen LogP contribution < -0.4 is 4.65 Å². The van der Waals surface area contributed by atoms with E-state index in [1.807, 2.05) is 12.1 Å². The van der Waals surface area contributed by atoms with Gasteiger partial charge in [0.05, 0.1) is 0 Å². The van der Waals surface area contributed by atoms with Crippen LogP contribution in [0.1, 0.15) is 50.3 Å². The van der Waals surface area contributed by atoms with Gasteiger partial charge in [0.15, 0.2) is 0 Å². The number of fused-ring (bicyclic) bond motifs is 5. The number of hydrogen-bond donors (Lipinski definition) is 2. The first-order valence-electron chi connectivity index (χ1n) is 15.2. The van der Waals surface area contributed by atoms with E-state index in [1.54, 1.807) is 6.07 Å². The van der Waals surface area contributed by atoms with E-state index >= 15 is 0 Å². The molecule has 6 aromatic carbocycles. The van der Waals surface area contributed by atoms with E-state index in [0.717, 1.165) is 17.5 Å². The van der Waals surface area contributed by atoms with Gasteiger partial charge in [-0.3, -0.25) is 0 Å². The van der Waals surface area contributed by atoms with E-state index in [-0.39, 0.29) is 5.41 Å². The summed E-state index contributed by atoms with van der Waals surface area (Å²) in [6, 6.07) is 39.4. The van der Waals surface area contributed by atoms with Crippen molar-refractivity contribution in [3.63, 3.8) is 0 Å². The van der Waals surface area contributed by atoms with Crippen molar-refractivity contribution in [3.8, 4) is 39.1 Å². The molecule has 1 aliphatic rings. The van der Waals surface area contributed by atoms with Gasteiger partial charge in [-0.15, -0.1) is 0 Å². The lowest BCUT2D eigenvalue weighted by molar-refractivity contribution is 0.288. The van der Waals surface area contributed by atoms with Crippen molar-refractivity contribution in [1.82, 2.24) is 0 Å². The summed E-state index contributed by atoms with van der Waals surface area (Å²) in [5.74, 6) is 0.445. The molecule has 0 aromatic heterocycles. The molecule has 3 nitrogen and oxygen atoms in total. The van der Waals surface area contributed by atoms with Crippen molar-refractivity contribution < 1.29 is 14.7 Å². The minimum absolute atomic E-state index is 0.286. The molecule has 0 fully saturated rings. The van der Waals surface area contributed by atoms with E-state index in [0.29, 0.717) is 5.75 Å². The summed E-state index contributed by atoms with van der Waals surface area (Å²) < 4.78 is 5.20. The zero-order valence-corrected chi connectivity index (χ0v) is 24.9. The highest BCUT2D eigenvalue weighted by Crippen LogP contribution is 2.52. The van der Waals surface area contributed by atoms with Gasteiger partial charge >= 0.3 is 7.32 Å². The third-order valence-corrected chi connectivity index (χ3v) is 9.17. The maximum atomic E-state index is 9.36. The topological polar surface area (TPSA) is 49.7 Å². The Hall–Kier alpha value is -4.38. The first-order valence-corrected chi connectivity index (χ1v) is 15.2. The maximum absolute atomic E-state index is 9.36. The molecule has 0 spiro atoms. The van der Waals surface area contributed by atoms with Crippen molar-refractivity contribution >= 4 is 28.9 Å². The van der Waals surface area contributed by atoms with Crippen LogP contribution in [0.15, 0.2) is 109 Å². The second kappa shape index (κ2) is 10.7. The Balaban J connectivity index is 1.42. The largest absolute Gasteiger partial charge is 0.707 e. The molecule has 2 N–H and O–H groups in total. The van der Waals surface area contributed by atoms with Gasteiger partial charge in [-0.05, 0) is 103 Å². The quantitative estimate of drug-likeness (QED) is 0.151. The highest BCUT2D eigenvalue weighted by atomic mass is 16.6. The van der Waals surface area contributed by atoms with Gasteiger partial charge in [0.25, 0.3) is 0 Å². The molecule has 0 radical (unpaired) electrons. The molecule has 0 unspecified atom stereocenters. The molecule has 6 aromatic rings. The van der Waals surface area contributed by atoms with Gasteiger partial charge in [0, 0.05) is 5.41 Å². The average molecular weight is 563 g/mol. The van der Waals surface area contributed by atoms with E-state index in [2.05, 4.69) is 112 Å². The van der Waals surface area contributed by atoms with Gasteiger partial charge in [0.1, 0.15) is 5.75 Å². The van der Waals surface area contributed by atoms with Crippen LogP contribution in [0.2, 0.25) is 0 Å². The van der Waals surface area contributed by atoms with Crippen LogP contribution in [0, 0.1) is 0 Å². The maximum Gasteiger partial charge on any atom is 0.707 e. The summed E-state index contributed by atoms with van der Waals surface area (Å²) in [7, 11) is -1.85. The summed E-state index contributed by atoms with van der Waals surface area (Å²) >= 11 is 0. The molecular weight excluding hydrogens is 527 g/mol. The van der Waals surface area contributed by atoms with Crippen molar-refractivity contribution in [3.05, 3.63) is 126 Å². The SMILES string of the molecule is CCCCc1ccc(-c2c3ccccc3c(-c3ccc4c(c3)C(C)(C)c3cc(OB(O)O)ccc3-4)c3ccccc23)cc1. The second-order valence-corrected chi connectivity index (χ2v) is 12.2. The van der Waals surface area contributed by atoms with E-state index in [4.69, 9.17) is 4.65 Å². The smallest absolute Gasteiger partial charge is 0.512 e.